The zero-order valence-corrected chi connectivity index (χ0v) is 13.6. The van der Waals surface area contributed by atoms with Crippen LogP contribution in [0.1, 0.15) is 10.5 Å². The summed E-state index contributed by atoms with van der Waals surface area (Å²) in [5, 5.41) is 3.29. The Labute approximate surface area is 138 Å². The van der Waals surface area contributed by atoms with E-state index < -0.39 is 5.91 Å². The molecule has 1 amide bonds. The summed E-state index contributed by atoms with van der Waals surface area (Å²) in [5.74, 6) is -0.331. The number of aromatic nitrogens is 1. The number of nitrogen functional groups attached to an aromatic ring is 1. The second kappa shape index (κ2) is 6.18. The van der Waals surface area contributed by atoms with E-state index in [1.807, 2.05) is 0 Å². The van der Waals surface area contributed by atoms with Crippen LogP contribution in [0.5, 0.6) is 0 Å². The number of nitrogens with two attached hydrogens (primary N) is 1. The summed E-state index contributed by atoms with van der Waals surface area (Å²) in [6.07, 6.45) is 0. The lowest BCUT2D eigenvalue weighted by Gasteiger charge is -2.10. The number of carbonyl (C=O) groups excluding carboxylic acids is 1. The van der Waals surface area contributed by atoms with Gasteiger partial charge in [0, 0.05) is 4.47 Å². The van der Waals surface area contributed by atoms with E-state index >= 15 is 0 Å². The Hall–Kier alpha value is -1.01. The molecular formula is C12H7BrCl3N3O. The van der Waals surface area contributed by atoms with Gasteiger partial charge in [0.25, 0.3) is 5.91 Å². The molecule has 0 aliphatic rings. The molecule has 0 spiro atoms. The lowest BCUT2D eigenvalue weighted by atomic mass is 10.3. The highest BCUT2D eigenvalue weighted by Gasteiger charge is 2.16. The molecule has 0 unspecified atom stereocenters. The van der Waals surface area contributed by atoms with E-state index in [0.717, 1.165) is 0 Å². The third kappa shape index (κ3) is 3.17. The van der Waals surface area contributed by atoms with Crippen LogP contribution in [0.25, 0.3) is 0 Å². The zero-order chi connectivity index (χ0) is 14.9. The second-order valence-electron chi connectivity index (χ2n) is 3.74. The third-order valence-corrected chi connectivity index (χ3v) is 4.44. The molecule has 0 atom stereocenters. The highest BCUT2D eigenvalue weighted by Crippen LogP contribution is 2.36. The Morgan fingerprint density at radius 3 is 2.55 bits per heavy atom. The molecule has 1 aromatic carbocycles. The van der Waals surface area contributed by atoms with Crippen molar-refractivity contribution in [3.05, 3.63) is 49.5 Å². The van der Waals surface area contributed by atoms with Crippen LogP contribution >= 0.6 is 50.7 Å². The predicted octanol–water partition coefficient (Wildman–Crippen LogP) is 4.64. The summed E-state index contributed by atoms with van der Waals surface area (Å²) in [7, 11) is 0. The normalized spacial score (nSPS) is 10.4. The minimum absolute atomic E-state index is 0.0155. The van der Waals surface area contributed by atoms with Crippen molar-refractivity contribution in [2.24, 2.45) is 0 Å². The van der Waals surface area contributed by atoms with Crippen molar-refractivity contribution in [1.82, 2.24) is 4.98 Å². The number of carbonyl (C=O) groups is 1. The number of pyridine rings is 1. The number of halogens is 4. The molecule has 1 aromatic heterocycles. The summed E-state index contributed by atoms with van der Waals surface area (Å²) in [6.45, 7) is 0. The quantitative estimate of drug-likeness (QED) is 0.728. The van der Waals surface area contributed by atoms with Gasteiger partial charge >= 0.3 is 0 Å². The number of anilines is 2. The van der Waals surface area contributed by atoms with Crippen LogP contribution in [-0.2, 0) is 0 Å². The average molecular weight is 395 g/mol. The van der Waals surface area contributed by atoms with Crippen molar-refractivity contribution < 1.29 is 4.79 Å². The Morgan fingerprint density at radius 2 is 1.85 bits per heavy atom. The molecule has 0 fully saturated rings. The zero-order valence-electron chi connectivity index (χ0n) is 9.75. The van der Waals surface area contributed by atoms with Gasteiger partial charge in [-0.15, -0.1) is 0 Å². The van der Waals surface area contributed by atoms with E-state index in [1.165, 1.54) is 12.1 Å². The monoisotopic (exact) mass is 393 g/mol. The number of amides is 1. The largest absolute Gasteiger partial charge is 0.384 e. The van der Waals surface area contributed by atoms with E-state index in [1.54, 1.807) is 12.1 Å². The second-order valence-corrected chi connectivity index (χ2v) is 5.76. The van der Waals surface area contributed by atoms with Gasteiger partial charge in [0.1, 0.15) is 11.5 Å². The lowest BCUT2D eigenvalue weighted by Crippen LogP contribution is -2.15. The van der Waals surface area contributed by atoms with Gasteiger partial charge in [0.2, 0.25) is 0 Å². The van der Waals surface area contributed by atoms with Gasteiger partial charge in [-0.2, -0.15) is 0 Å². The first kappa shape index (κ1) is 15.4. The third-order valence-electron chi connectivity index (χ3n) is 2.37. The maximum Gasteiger partial charge on any atom is 0.275 e. The Bertz CT molecular complexity index is 694. The molecule has 20 heavy (non-hydrogen) atoms. The minimum atomic E-state index is -0.525. The fourth-order valence-corrected chi connectivity index (χ4v) is 2.43. The molecule has 0 aliphatic heterocycles. The van der Waals surface area contributed by atoms with Crippen LogP contribution in [0, 0.1) is 0 Å². The van der Waals surface area contributed by atoms with Crippen LogP contribution < -0.4 is 11.1 Å². The molecule has 2 aromatic rings. The molecule has 2 rings (SSSR count). The van der Waals surface area contributed by atoms with Crippen LogP contribution in [-0.4, -0.2) is 10.9 Å². The SMILES string of the molecule is Nc1ccc(Cl)c(C(=O)Nc2ccc(Br)c(Cl)c2Cl)n1. The first-order valence-electron chi connectivity index (χ1n) is 5.27. The van der Waals surface area contributed by atoms with Crippen molar-refractivity contribution in [2.45, 2.75) is 0 Å². The van der Waals surface area contributed by atoms with E-state index in [4.69, 9.17) is 40.5 Å². The lowest BCUT2D eigenvalue weighted by molar-refractivity contribution is 0.102. The van der Waals surface area contributed by atoms with Crippen molar-refractivity contribution in [3.8, 4) is 0 Å². The van der Waals surface area contributed by atoms with Crippen molar-refractivity contribution in [3.63, 3.8) is 0 Å². The van der Waals surface area contributed by atoms with Gasteiger partial charge in [0.05, 0.1) is 20.8 Å². The molecule has 0 aliphatic carbocycles. The molecule has 4 nitrogen and oxygen atoms in total. The Morgan fingerprint density at radius 1 is 1.15 bits per heavy atom. The standard InChI is InChI=1S/C12H7BrCl3N3O/c13-5-1-3-7(10(16)9(5)15)18-12(20)11-6(14)2-4-8(17)19-11/h1-4H,(H2,17,19)(H,18,20). The molecule has 0 saturated carbocycles. The summed E-state index contributed by atoms with van der Waals surface area (Å²) in [6, 6.07) is 6.27. The van der Waals surface area contributed by atoms with Gasteiger partial charge in [-0.25, -0.2) is 4.98 Å². The molecule has 0 saturated heterocycles. The maximum atomic E-state index is 12.1. The van der Waals surface area contributed by atoms with Gasteiger partial charge in [-0.05, 0) is 40.2 Å². The van der Waals surface area contributed by atoms with Gasteiger partial charge in [0.15, 0.2) is 0 Å². The summed E-state index contributed by atoms with van der Waals surface area (Å²) in [4.78, 5) is 16.0. The van der Waals surface area contributed by atoms with E-state index in [9.17, 15) is 4.79 Å². The fourth-order valence-electron chi connectivity index (χ4n) is 1.42. The van der Waals surface area contributed by atoms with Crippen molar-refractivity contribution in [2.75, 3.05) is 11.1 Å². The topological polar surface area (TPSA) is 68.0 Å². The highest BCUT2D eigenvalue weighted by atomic mass is 79.9. The average Bonchev–Trinajstić information content (AvgIpc) is 2.42. The molecule has 1 heterocycles. The predicted molar refractivity (Wildman–Crippen MR) is 85.8 cm³/mol. The van der Waals surface area contributed by atoms with Crippen LogP contribution in [0.2, 0.25) is 15.1 Å². The van der Waals surface area contributed by atoms with Crippen molar-refractivity contribution >= 4 is 68.1 Å². The van der Waals surface area contributed by atoms with Gasteiger partial charge < -0.3 is 11.1 Å². The number of rotatable bonds is 2. The van der Waals surface area contributed by atoms with Gasteiger partial charge in [-0.3, -0.25) is 4.79 Å². The fraction of sp³-hybridized carbons (Fsp3) is 0. The first-order chi connectivity index (χ1) is 9.40. The Balaban J connectivity index is 2.33. The van der Waals surface area contributed by atoms with Crippen LogP contribution in [0.3, 0.4) is 0 Å². The van der Waals surface area contributed by atoms with E-state index in [-0.39, 0.29) is 21.6 Å². The smallest absolute Gasteiger partial charge is 0.275 e. The molecule has 104 valence electrons. The molecule has 8 heteroatoms. The number of hydrogen-bond donors (Lipinski definition) is 2. The summed E-state index contributed by atoms with van der Waals surface area (Å²) >= 11 is 21.2. The number of nitrogens with zero attached hydrogens (tertiary/aromatic N) is 1. The molecular weight excluding hydrogens is 388 g/mol. The summed E-state index contributed by atoms with van der Waals surface area (Å²) < 4.78 is 0.627. The van der Waals surface area contributed by atoms with Gasteiger partial charge in [-0.1, -0.05) is 34.8 Å². The molecule has 3 N–H and O–H groups in total. The highest BCUT2D eigenvalue weighted by molar-refractivity contribution is 9.10. The number of benzene rings is 1. The number of nitrogens with one attached hydrogen (secondary N) is 1. The van der Waals surface area contributed by atoms with Crippen LogP contribution in [0.15, 0.2) is 28.7 Å². The number of hydrogen-bond acceptors (Lipinski definition) is 3. The molecule has 0 radical (unpaired) electrons. The van der Waals surface area contributed by atoms with Crippen LogP contribution in [0.4, 0.5) is 11.5 Å². The first-order valence-corrected chi connectivity index (χ1v) is 7.19. The maximum absolute atomic E-state index is 12.1. The molecule has 0 bridgehead atoms. The summed E-state index contributed by atoms with van der Waals surface area (Å²) in [5.41, 5.74) is 5.90. The Kier molecular flexibility index (Phi) is 4.75. The van der Waals surface area contributed by atoms with Crippen molar-refractivity contribution in [1.29, 1.82) is 0 Å². The van der Waals surface area contributed by atoms with E-state index in [2.05, 4.69) is 26.2 Å². The van der Waals surface area contributed by atoms with E-state index in [0.29, 0.717) is 15.2 Å². The minimum Gasteiger partial charge on any atom is -0.384 e.